The first-order valence-electron chi connectivity index (χ1n) is 10.3. The van der Waals surface area contributed by atoms with Gasteiger partial charge in [0.2, 0.25) is 5.91 Å². The highest BCUT2D eigenvalue weighted by Crippen LogP contribution is 2.48. The van der Waals surface area contributed by atoms with Crippen LogP contribution in [0, 0.1) is 17.2 Å². The molecule has 1 aliphatic carbocycles. The molecule has 0 bridgehead atoms. The van der Waals surface area contributed by atoms with Crippen LogP contribution in [-0.2, 0) is 11.0 Å². The van der Waals surface area contributed by atoms with Crippen LogP contribution in [0.3, 0.4) is 0 Å². The summed E-state index contributed by atoms with van der Waals surface area (Å²) in [5, 5.41) is 0. The third kappa shape index (κ3) is 4.34. The fourth-order valence-electron chi connectivity index (χ4n) is 4.91. The minimum atomic E-state index is -4.61. The lowest BCUT2D eigenvalue weighted by Crippen LogP contribution is -2.38. The molecule has 2 fully saturated rings. The molecule has 0 unspecified atom stereocenters. The summed E-state index contributed by atoms with van der Waals surface area (Å²) >= 11 is 0. The van der Waals surface area contributed by atoms with Gasteiger partial charge in [-0.2, -0.15) is 13.2 Å². The molecule has 2 atom stereocenters. The molecule has 1 aromatic carbocycles. The number of carbonyl (C=O) groups is 2. The van der Waals surface area contributed by atoms with E-state index < -0.39 is 28.9 Å². The smallest absolute Gasteiger partial charge is 0.312 e. The van der Waals surface area contributed by atoms with Crippen LogP contribution in [0.1, 0.15) is 54.7 Å². The second-order valence-electron chi connectivity index (χ2n) is 8.46. The summed E-state index contributed by atoms with van der Waals surface area (Å²) in [5.74, 6) is -1.02. The second kappa shape index (κ2) is 8.05. The predicted octanol–water partition coefficient (Wildman–Crippen LogP) is 5.43. The van der Waals surface area contributed by atoms with Gasteiger partial charge in [0, 0.05) is 18.7 Å². The second-order valence-corrected chi connectivity index (χ2v) is 8.46. The van der Waals surface area contributed by atoms with Gasteiger partial charge in [0.25, 0.3) is 0 Å². The van der Waals surface area contributed by atoms with Crippen molar-refractivity contribution in [3.05, 3.63) is 59.7 Å². The first-order valence-corrected chi connectivity index (χ1v) is 10.3. The number of rotatable bonds is 4. The molecule has 1 aliphatic heterocycles. The van der Waals surface area contributed by atoms with Crippen LogP contribution in [-0.4, -0.2) is 23.2 Å². The Morgan fingerprint density at radius 3 is 2.68 bits per heavy atom. The van der Waals surface area contributed by atoms with Gasteiger partial charge in [-0.1, -0.05) is 18.6 Å². The highest BCUT2D eigenvalue weighted by Gasteiger charge is 2.49. The summed E-state index contributed by atoms with van der Waals surface area (Å²) in [5.41, 5.74) is -1.37. The summed E-state index contributed by atoms with van der Waals surface area (Å²) < 4.78 is 52.3. The number of ketones is 1. The lowest BCUT2D eigenvalue weighted by Gasteiger charge is -2.36. The Hall–Kier alpha value is -2.77. The molecule has 4 nitrogen and oxygen atoms in total. The summed E-state index contributed by atoms with van der Waals surface area (Å²) in [6.45, 7) is 0.484. The largest absolute Gasteiger partial charge is 0.433 e. The number of amides is 1. The average molecular weight is 434 g/mol. The van der Waals surface area contributed by atoms with Gasteiger partial charge >= 0.3 is 6.18 Å². The van der Waals surface area contributed by atoms with E-state index in [1.807, 2.05) is 0 Å². The normalized spacial score (nSPS) is 24.1. The highest BCUT2D eigenvalue weighted by atomic mass is 19.4. The van der Waals surface area contributed by atoms with Crippen LogP contribution in [0.5, 0.6) is 0 Å². The number of pyridine rings is 1. The third-order valence-corrected chi connectivity index (χ3v) is 6.38. The van der Waals surface area contributed by atoms with Gasteiger partial charge in [0.15, 0.2) is 5.78 Å². The summed E-state index contributed by atoms with van der Waals surface area (Å²) in [7, 11) is 0. The molecule has 2 aliphatic rings. The molecule has 1 aromatic heterocycles. The Morgan fingerprint density at radius 1 is 1.16 bits per heavy atom. The minimum Gasteiger partial charge on any atom is -0.312 e. The Kier molecular flexibility index (Phi) is 5.58. The quantitative estimate of drug-likeness (QED) is 0.477. The molecule has 1 amide bonds. The molecule has 0 radical (unpaired) electrons. The zero-order valence-corrected chi connectivity index (χ0v) is 16.8. The van der Waals surface area contributed by atoms with Crippen molar-refractivity contribution in [1.82, 2.24) is 4.98 Å². The number of anilines is 1. The molecular weight excluding hydrogens is 412 g/mol. The van der Waals surface area contributed by atoms with Crippen molar-refractivity contribution in [2.75, 3.05) is 11.4 Å². The van der Waals surface area contributed by atoms with Crippen LogP contribution in [0.2, 0.25) is 0 Å². The molecule has 2 heterocycles. The highest BCUT2D eigenvalue weighted by molar-refractivity contribution is 6.00. The molecule has 1 spiro atoms. The van der Waals surface area contributed by atoms with E-state index in [2.05, 4.69) is 4.98 Å². The number of hydrogen-bond acceptors (Lipinski definition) is 3. The van der Waals surface area contributed by atoms with Gasteiger partial charge in [-0.25, -0.2) is 9.37 Å². The van der Waals surface area contributed by atoms with Gasteiger partial charge in [-0.3, -0.25) is 9.59 Å². The van der Waals surface area contributed by atoms with Crippen LogP contribution in [0.25, 0.3) is 0 Å². The number of aromatic nitrogens is 1. The summed E-state index contributed by atoms with van der Waals surface area (Å²) in [6, 6.07) is 9.23. The van der Waals surface area contributed by atoms with Crippen molar-refractivity contribution in [3.63, 3.8) is 0 Å². The van der Waals surface area contributed by atoms with E-state index >= 15 is 0 Å². The molecule has 1 saturated heterocycles. The number of carbonyl (C=O) groups excluding carboxylic acids is 2. The fraction of sp³-hybridized carbons (Fsp3) is 0.435. The van der Waals surface area contributed by atoms with Crippen LogP contribution in [0.15, 0.2) is 42.5 Å². The van der Waals surface area contributed by atoms with E-state index in [4.69, 9.17) is 0 Å². The SMILES string of the molecule is O=C(C[C@H]1CCC[C@]2(CCN(c3cccc(F)c3)C2=O)C1)c1cccc(C(F)(F)F)n1. The van der Waals surface area contributed by atoms with E-state index in [0.29, 0.717) is 31.5 Å². The first-order chi connectivity index (χ1) is 14.7. The number of alkyl halides is 3. The predicted molar refractivity (Wildman–Crippen MR) is 106 cm³/mol. The topological polar surface area (TPSA) is 50.3 Å². The maximum Gasteiger partial charge on any atom is 0.433 e. The van der Waals surface area contributed by atoms with Crippen molar-refractivity contribution in [2.24, 2.45) is 11.3 Å². The molecular formula is C23H22F4N2O2. The Balaban J connectivity index is 1.47. The molecule has 31 heavy (non-hydrogen) atoms. The van der Waals surface area contributed by atoms with Gasteiger partial charge < -0.3 is 4.90 Å². The fourth-order valence-corrected chi connectivity index (χ4v) is 4.91. The Labute approximate surface area is 177 Å². The maximum atomic E-state index is 13.6. The molecule has 0 N–H and O–H groups in total. The zero-order chi connectivity index (χ0) is 22.2. The Morgan fingerprint density at radius 2 is 1.94 bits per heavy atom. The standard InChI is InChI=1S/C23H22F4N2O2/c24-16-5-1-6-17(13-16)29-11-10-22(21(29)31)9-3-4-15(14-22)12-19(30)18-7-2-8-20(28-18)23(25,26)27/h1-2,5-8,13,15H,3-4,9-12,14H2/t15-,22+/m1/s1. The molecule has 164 valence electrons. The minimum absolute atomic E-state index is 0.0588. The number of halogens is 4. The van der Waals surface area contributed by atoms with Crippen molar-refractivity contribution in [1.29, 1.82) is 0 Å². The molecule has 8 heteroatoms. The van der Waals surface area contributed by atoms with Crippen molar-refractivity contribution in [3.8, 4) is 0 Å². The van der Waals surface area contributed by atoms with Crippen molar-refractivity contribution >= 4 is 17.4 Å². The summed E-state index contributed by atoms with van der Waals surface area (Å²) in [4.78, 5) is 31.0. The summed E-state index contributed by atoms with van der Waals surface area (Å²) in [6.07, 6.45) is -1.23. The van der Waals surface area contributed by atoms with Crippen LogP contribution >= 0.6 is 0 Å². The number of Topliss-reactive ketones (excluding diaryl/α,β-unsaturated/α-hetero) is 1. The van der Waals surface area contributed by atoms with E-state index in [9.17, 15) is 27.2 Å². The van der Waals surface area contributed by atoms with Gasteiger partial charge in [0.1, 0.15) is 17.2 Å². The molecule has 4 rings (SSSR count). The van der Waals surface area contributed by atoms with Crippen molar-refractivity contribution in [2.45, 2.75) is 44.7 Å². The Bertz CT molecular complexity index is 1010. The lowest BCUT2D eigenvalue weighted by molar-refractivity contribution is -0.141. The number of benzene rings is 1. The van der Waals surface area contributed by atoms with E-state index in [0.717, 1.165) is 18.9 Å². The number of nitrogens with zero attached hydrogens (tertiary/aromatic N) is 2. The zero-order valence-electron chi connectivity index (χ0n) is 16.8. The number of hydrogen-bond donors (Lipinski definition) is 0. The van der Waals surface area contributed by atoms with E-state index in [1.54, 1.807) is 17.0 Å². The molecule has 2 aromatic rings. The van der Waals surface area contributed by atoms with Gasteiger partial charge in [0.05, 0.1) is 5.41 Å². The lowest BCUT2D eigenvalue weighted by atomic mass is 9.67. The van der Waals surface area contributed by atoms with Gasteiger partial charge in [-0.05, 0) is 61.9 Å². The van der Waals surface area contributed by atoms with E-state index in [-0.39, 0.29) is 23.9 Å². The van der Waals surface area contributed by atoms with Crippen LogP contribution < -0.4 is 4.90 Å². The van der Waals surface area contributed by atoms with E-state index in [1.165, 1.54) is 24.3 Å². The van der Waals surface area contributed by atoms with Crippen LogP contribution in [0.4, 0.5) is 23.2 Å². The third-order valence-electron chi connectivity index (χ3n) is 6.38. The van der Waals surface area contributed by atoms with Crippen molar-refractivity contribution < 1.29 is 27.2 Å². The monoisotopic (exact) mass is 434 g/mol. The maximum absolute atomic E-state index is 13.6. The first kappa shape index (κ1) is 21.5. The molecule has 1 saturated carbocycles. The van der Waals surface area contributed by atoms with Gasteiger partial charge in [-0.15, -0.1) is 0 Å². The average Bonchev–Trinajstić information content (AvgIpc) is 3.03.